The molecule has 2 aliphatic rings. The summed E-state index contributed by atoms with van der Waals surface area (Å²) in [4.78, 5) is 63.2. The zero-order valence-electron chi connectivity index (χ0n) is 15.9. The van der Waals surface area contributed by atoms with Gasteiger partial charge < -0.3 is 4.90 Å². The van der Waals surface area contributed by atoms with Crippen LogP contribution in [0.1, 0.15) is 49.5 Å². The zero-order valence-corrected chi connectivity index (χ0v) is 17.4. The number of hydrogen-bond donors (Lipinski definition) is 2. The smallest absolute Gasteiger partial charge is 0.258 e. The maximum Gasteiger partial charge on any atom is 0.258 e. The van der Waals surface area contributed by atoms with Crippen LogP contribution in [0.25, 0.3) is 0 Å². The van der Waals surface area contributed by atoms with E-state index in [1.165, 1.54) is 29.2 Å². The molecule has 2 N–H and O–H groups in total. The third-order valence-corrected chi connectivity index (χ3v) is 5.95. The number of nitrogens with zero attached hydrogens (tertiary/aromatic N) is 1. The molecule has 10 heteroatoms. The Kier molecular flexibility index (Phi) is 5.51. The summed E-state index contributed by atoms with van der Waals surface area (Å²) < 4.78 is 0. The highest BCUT2D eigenvalue weighted by molar-refractivity contribution is 6.42. The minimum absolute atomic E-state index is 0.0192. The largest absolute Gasteiger partial charge is 0.322 e. The van der Waals surface area contributed by atoms with Gasteiger partial charge in [-0.15, -0.1) is 0 Å². The molecule has 2 aliphatic heterocycles. The number of piperidine rings is 1. The molecule has 5 amide bonds. The van der Waals surface area contributed by atoms with Gasteiger partial charge in [-0.25, -0.2) is 0 Å². The predicted molar refractivity (Wildman–Crippen MR) is 111 cm³/mol. The Morgan fingerprint density at radius 2 is 1.81 bits per heavy atom. The molecule has 0 aromatic heterocycles. The Morgan fingerprint density at radius 3 is 2.52 bits per heavy atom. The molecular weight excluding hydrogens is 445 g/mol. The molecule has 0 spiro atoms. The van der Waals surface area contributed by atoms with Crippen LogP contribution in [0.5, 0.6) is 0 Å². The van der Waals surface area contributed by atoms with Crippen LogP contribution in [-0.4, -0.2) is 40.5 Å². The first kappa shape index (κ1) is 21.0. The van der Waals surface area contributed by atoms with Gasteiger partial charge in [-0.2, -0.15) is 0 Å². The molecule has 2 aromatic rings. The van der Waals surface area contributed by atoms with E-state index < -0.39 is 29.7 Å². The van der Waals surface area contributed by atoms with Gasteiger partial charge in [0.25, 0.3) is 17.7 Å². The Bertz CT molecular complexity index is 1160. The average molecular weight is 460 g/mol. The number of rotatable bonds is 3. The summed E-state index contributed by atoms with van der Waals surface area (Å²) in [6.45, 7) is 0.127. The van der Waals surface area contributed by atoms with E-state index in [4.69, 9.17) is 23.2 Å². The Balaban J connectivity index is 1.56. The molecule has 0 bridgehead atoms. The van der Waals surface area contributed by atoms with Crippen molar-refractivity contribution < 1.29 is 24.0 Å². The lowest BCUT2D eigenvalue weighted by Crippen LogP contribution is -2.52. The van der Waals surface area contributed by atoms with Crippen LogP contribution in [0.4, 0.5) is 0 Å². The summed E-state index contributed by atoms with van der Waals surface area (Å²) in [5, 5.41) is 4.90. The van der Waals surface area contributed by atoms with Crippen LogP contribution >= 0.6 is 23.2 Å². The molecule has 2 aromatic carbocycles. The van der Waals surface area contributed by atoms with E-state index in [1.54, 1.807) is 12.1 Å². The molecule has 2 heterocycles. The first-order valence-electron chi connectivity index (χ1n) is 9.33. The van der Waals surface area contributed by atoms with Crippen molar-refractivity contribution >= 4 is 52.7 Å². The minimum Gasteiger partial charge on any atom is -0.322 e. The van der Waals surface area contributed by atoms with Crippen molar-refractivity contribution in [1.29, 1.82) is 0 Å². The van der Waals surface area contributed by atoms with E-state index in [2.05, 4.69) is 10.6 Å². The van der Waals surface area contributed by atoms with Gasteiger partial charge >= 0.3 is 0 Å². The first-order chi connectivity index (χ1) is 14.8. The average Bonchev–Trinajstić information content (AvgIpc) is 3.06. The fourth-order valence-corrected chi connectivity index (χ4v) is 3.98. The molecule has 0 saturated carbocycles. The fourth-order valence-electron chi connectivity index (χ4n) is 3.68. The second-order valence-corrected chi connectivity index (χ2v) is 7.97. The molecule has 1 saturated heterocycles. The molecule has 4 rings (SSSR count). The van der Waals surface area contributed by atoms with Crippen LogP contribution in [0.3, 0.4) is 0 Å². The number of amides is 5. The minimum atomic E-state index is -0.800. The van der Waals surface area contributed by atoms with Gasteiger partial charge in [0.1, 0.15) is 6.04 Å². The van der Waals surface area contributed by atoms with Gasteiger partial charge in [0.05, 0.1) is 21.2 Å². The van der Waals surface area contributed by atoms with Gasteiger partial charge in [-0.1, -0.05) is 35.3 Å². The highest BCUT2D eigenvalue weighted by atomic mass is 35.5. The lowest BCUT2D eigenvalue weighted by Gasteiger charge is -2.29. The van der Waals surface area contributed by atoms with Crippen LogP contribution in [0.2, 0.25) is 10.0 Å². The molecule has 0 aliphatic carbocycles. The van der Waals surface area contributed by atoms with Crippen molar-refractivity contribution in [2.24, 2.45) is 0 Å². The number of carbonyl (C=O) groups excluding carboxylic acids is 5. The van der Waals surface area contributed by atoms with Crippen molar-refractivity contribution in [1.82, 2.24) is 15.5 Å². The van der Waals surface area contributed by atoms with Crippen molar-refractivity contribution in [3.05, 3.63) is 68.7 Å². The van der Waals surface area contributed by atoms with E-state index in [0.717, 1.165) is 0 Å². The van der Waals surface area contributed by atoms with E-state index in [9.17, 15) is 24.0 Å². The Labute approximate surface area is 186 Å². The third-order valence-electron chi connectivity index (χ3n) is 5.21. The molecule has 1 fully saturated rings. The van der Waals surface area contributed by atoms with Crippen molar-refractivity contribution in [3.63, 3.8) is 0 Å². The van der Waals surface area contributed by atoms with E-state index in [1.807, 2.05) is 0 Å². The number of carbonyl (C=O) groups is 5. The number of halogens is 2. The van der Waals surface area contributed by atoms with Crippen LogP contribution in [0.15, 0.2) is 36.4 Å². The monoisotopic (exact) mass is 459 g/mol. The summed E-state index contributed by atoms with van der Waals surface area (Å²) in [5.74, 6) is -2.89. The summed E-state index contributed by atoms with van der Waals surface area (Å²) in [5.41, 5.74) is 0.841. The van der Waals surface area contributed by atoms with Gasteiger partial charge in [0.2, 0.25) is 11.8 Å². The molecular formula is C21H15Cl2N3O5. The fraction of sp³-hybridized carbons (Fsp3) is 0.190. The normalized spacial score (nSPS) is 17.9. The van der Waals surface area contributed by atoms with Gasteiger partial charge in [0.15, 0.2) is 0 Å². The molecule has 1 atom stereocenters. The molecule has 31 heavy (non-hydrogen) atoms. The summed E-state index contributed by atoms with van der Waals surface area (Å²) in [6.07, 6.45) is 0.337. The van der Waals surface area contributed by atoms with E-state index in [-0.39, 0.29) is 52.0 Å². The first-order valence-corrected chi connectivity index (χ1v) is 10.1. The maximum atomic E-state index is 13.1. The standard InChI is InChI=1S/C21H15Cl2N3O5/c22-13-5-4-10(8-14(13)23)18(28)25-19(29)12-3-1-2-11-9-26(21(31)17(11)12)15-6-7-16(27)24-20(15)30/h1-5,8,15H,6-7,9H2,(H,24,27,30)(H,25,28,29). The van der Waals surface area contributed by atoms with Crippen molar-refractivity contribution in [2.75, 3.05) is 0 Å². The number of hydrogen-bond acceptors (Lipinski definition) is 5. The van der Waals surface area contributed by atoms with Gasteiger partial charge in [-0.3, -0.25) is 34.6 Å². The van der Waals surface area contributed by atoms with Crippen LogP contribution < -0.4 is 10.6 Å². The van der Waals surface area contributed by atoms with Crippen LogP contribution in [-0.2, 0) is 16.1 Å². The molecule has 0 radical (unpaired) electrons. The quantitative estimate of drug-likeness (QED) is 0.683. The summed E-state index contributed by atoms with van der Waals surface area (Å²) in [6, 6.07) is 8.09. The van der Waals surface area contributed by atoms with Crippen molar-refractivity contribution in [3.8, 4) is 0 Å². The SMILES string of the molecule is O=C1CCC(N2Cc3cccc(C(=O)NC(=O)c4ccc(Cl)c(Cl)c4)c3C2=O)C(=O)N1. The van der Waals surface area contributed by atoms with Gasteiger partial charge in [-0.05, 0) is 36.2 Å². The topological polar surface area (TPSA) is 113 Å². The third kappa shape index (κ3) is 3.92. The summed E-state index contributed by atoms with van der Waals surface area (Å²) in [7, 11) is 0. The predicted octanol–water partition coefficient (Wildman–Crippen LogP) is 2.32. The van der Waals surface area contributed by atoms with E-state index in [0.29, 0.717) is 5.56 Å². The number of fused-ring (bicyclic) bond motifs is 1. The number of nitrogens with one attached hydrogen (secondary N) is 2. The Morgan fingerprint density at radius 1 is 1.03 bits per heavy atom. The molecule has 8 nitrogen and oxygen atoms in total. The highest BCUT2D eigenvalue weighted by Crippen LogP contribution is 2.30. The lowest BCUT2D eigenvalue weighted by molar-refractivity contribution is -0.136. The molecule has 158 valence electrons. The van der Waals surface area contributed by atoms with Crippen LogP contribution in [0, 0.1) is 0 Å². The van der Waals surface area contributed by atoms with Gasteiger partial charge in [0, 0.05) is 18.5 Å². The van der Waals surface area contributed by atoms with E-state index >= 15 is 0 Å². The zero-order chi connectivity index (χ0) is 22.3. The second-order valence-electron chi connectivity index (χ2n) is 7.15. The Hall–Kier alpha value is -3.23. The summed E-state index contributed by atoms with van der Waals surface area (Å²) >= 11 is 11.8. The second kappa shape index (κ2) is 8.13. The highest BCUT2D eigenvalue weighted by Gasteiger charge is 2.40. The van der Waals surface area contributed by atoms with Crippen molar-refractivity contribution in [2.45, 2.75) is 25.4 Å². The number of imide groups is 2. The molecule has 1 unspecified atom stereocenters. The maximum absolute atomic E-state index is 13.1. The number of benzene rings is 2. The lowest BCUT2D eigenvalue weighted by atomic mass is 10.0.